The van der Waals surface area contributed by atoms with Crippen molar-refractivity contribution in [2.75, 3.05) is 10.6 Å². The van der Waals surface area contributed by atoms with Crippen LogP contribution in [-0.2, 0) is 16.0 Å². The Bertz CT molecular complexity index is 1650. The highest BCUT2D eigenvalue weighted by Crippen LogP contribution is 2.52. The minimum absolute atomic E-state index is 0.000227. The van der Waals surface area contributed by atoms with Crippen LogP contribution in [0.1, 0.15) is 25.8 Å². The third-order valence-electron chi connectivity index (χ3n) is 6.44. The van der Waals surface area contributed by atoms with Crippen LogP contribution in [0.3, 0.4) is 0 Å². The van der Waals surface area contributed by atoms with Crippen molar-refractivity contribution in [1.29, 1.82) is 0 Å². The maximum absolute atomic E-state index is 14.8. The molecule has 13 heteroatoms. The summed E-state index contributed by atoms with van der Waals surface area (Å²) in [6.07, 6.45) is -4.48. The van der Waals surface area contributed by atoms with Crippen molar-refractivity contribution in [3.05, 3.63) is 71.8 Å². The van der Waals surface area contributed by atoms with Gasteiger partial charge >= 0.3 is 6.36 Å². The molecule has 1 aromatic heterocycles. The largest absolute Gasteiger partial charge is 0.573 e. The summed E-state index contributed by atoms with van der Waals surface area (Å²) in [4.78, 5) is 29.2. The zero-order valence-electron chi connectivity index (χ0n) is 21.6. The van der Waals surface area contributed by atoms with Crippen LogP contribution >= 0.6 is 11.3 Å². The summed E-state index contributed by atoms with van der Waals surface area (Å²) in [5.41, 5.74) is 0.243. The fourth-order valence-electron chi connectivity index (χ4n) is 4.19. The van der Waals surface area contributed by atoms with Crippen LogP contribution in [0.25, 0.3) is 10.2 Å². The molecular weight excluding hydrogens is 569 g/mol. The number of amides is 2. The Hall–Kier alpha value is -4.26. The maximum Gasteiger partial charge on any atom is 0.573 e. The second kappa shape index (κ2) is 10.6. The molecule has 0 radical (unpaired) electrons. The van der Waals surface area contributed by atoms with E-state index < -0.39 is 29.7 Å². The molecule has 0 bridgehead atoms. The van der Waals surface area contributed by atoms with E-state index in [2.05, 4.69) is 20.4 Å². The summed E-state index contributed by atoms with van der Waals surface area (Å²) in [5.74, 6) is -3.21. The molecule has 1 atom stereocenters. The number of carbonyl (C=O) groups is 2. The molecule has 2 N–H and O–H groups in total. The molecule has 5 rings (SSSR count). The first-order valence-electron chi connectivity index (χ1n) is 12.3. The van der Waals surface area contributed by atoms with E-state index in [-0.39, 0.29) is 46.4 Å². The van der Waals surface area contributed by atoms with Gasteiger partial charge in [0, 0.05) is 18.1 Å². The molecule has 1 aliphatic rings. The number of fused-ring (bicyclic) bond motifs is 1. The van der Waals surface area contributed by atoms with Crippen LogP contribution in [0.2, 0.25) is 0 Å². The van der Waals surface area contributed by atoms with E-state index in [4.69, 9.17) is 4.74 Å². The minimum atomic E-state index is -4.89. The first-order chi connectivity index (χ1) is 19.3. The number of rotatable bonds is 8. The van der Waals surface area contributed by atoms with Crippen LogP contribution in [0.5, 0.6) is 17.2 Å². The van der Waals surface area contributed by atoms with Gasteiger partial charge in [-0.1, -0.05) is 37.3 Å². The zero-order chi connectivity index (χ0) is 29.5. The van der Waals surface area contributed by atoms with Gasteiger partial charge in [-0.2, -0.15) is 0 Å². The Balaban J connectivity index is 1.27. The summed E-state index contributed by atoms with van der Waals surface area (Å²) >= 11 is 1.12. The molecule has 3 aromatic carbocycles. The minimum Gasteiger partial charge on any atom is -0.454 e. The number of carbonyl (C=O) groups excluding carboxylic acids is 2. The molecule has 0 saturated heterocycles. The van der Waals surface area contributed by atoms with E-state index in [0.717, 1.165) is 42.0 Å². The Morgan fingerprint density at radius 3 is 2.49 bits per heavy atom. The van der Waals surface area contributed by atoms with Crippen LogP contribution in [-0.4, -0.2) is 23.2 Å². The highest BCUT2D eigenvalue weighted by molar-refractivity contribution is 7.22. The summed E-state index contributed by atoms with van der Waals surface area (Å²) < 4.78 is 76.6. The van der Waals surface area contributed by atoms with Gasteiger partial charge in [-0.3, -0.25) is 9.59 Å². The standard InChI is InChI=1S/C28H22F5N3O4S/c1-27(2)13-17(27)25(38)36-26-35-21-12-22(19(30)11-23(21)41-26)39-15-6-7-18(29)20(10-15)34-24(37)9-14-4-3-5-16(8-14)40-28(31,32)33/h3-8,10-12,17H,9,13H2,1-2H3,(H,34,37)(H,35,36,38). The number of hydrogen-bond acceptors (Lipinski definition) is 6. The molecule has 1 unspecified atom stereocenters. The lowest BCUT2D eigenvalue weighted by Gasteiger charge is -2.12. The number of aromatic nitrogens is 1. The molecule has 0 spiro atoms. The van der Waals surface area contributed by atoms with Crippen LogP contribution < -0.4 is 20.1 Å². The normalized spacial score (nSPS) is 15.8. The fraction of sp³-hybridized carbons (Fsp3) is 0.250. The monoisotopic (exact) mass is 591 g/mol. The SMILES string of the molecule is CC1(C)CC1C(=O)Nc1nc2cc(Oc3ccc(F)c(NC(=O)Cc4cccc(OC(F)(F)F)c4)c3)c(F)cc2s1. The molecule has 1 saturated carbocycles. The topological polar surface area (TPSA) is 89.5 Å². The van der Waals surface area contributed by atoms with Gasteiger partial charge in [0.1, 0.15) is 17.3 Å². The number of ether oxygens (including phenoxy) is 2. The number of anilines is 2. The van der Waals surface area contributed by atoms with E-state index in [9.17, 15) is 31.5 Å². The number of hydrogen-bond donors (Lipinski definition) is 2. The highest BCUT2D eigenvalue weighted by atomic mass is 32.1. The van der Waals surface area contributed by atoms with Gasteiger partial charge < -0.3 is 20.1 Å². The van der Waals surface area contributed by atoms with Crippen molar-refractivity contribution in [2.24, 2.45) is 11.3 Å². The second-order valence-electron chi connectivity index (χ2n) is 10.2. The van der Waals surface area contributed by atoms with Gasteiger partial charge in [0.25, 0.3) is 0 Å². The number of halogens is 5. The Labute approximate surface area is 234 Å². The van der Waals surface area contributed by atoms with Crippen LogP contribution in [0, 0.1) is 23.0 Å². The molecule has 1 fully saturated rings. The van der Waals surface area contributed by atoms with Gasteiger partial charge in [-0.25, -0.2) is 13.8 Å². The molecule has 214 valence electrons. The number of alkyl halides is 3. The number of nitrogens with zero attached hydrogens (tertiary/aromatic N) is 1. The fourth-order valence-corrected chi connectivity index (χ4v) is 5.07. The molecular formula is C28H22F5N3O4S. The van der Waals surface area contributed by atoms with E-state index in [1.165, 1.54) is 30.3 Å². The van der Waals surface area contributed by atoms with Crippen molar-refractivity contribution in [1.82, 2.24) is 4.98 Å². The maximum atomic E-state index is 14.8. The Morgan fingerprint density at radius 1 is 1.02 bits per heavy atom. The van der Waals surface area contributed by atoms with Crippen molar-refractivity contribution in [3.63, 3.8) is 0 Å². The number of thiazole rings is 1. The molecule has 0 aliphatic heterocycles. The van der Waals surface area contributed by atoms with Gasteiger partial charge in [-0.15, -0.1) is 13.2 Å². The van der Waals surface area contributed by atoms with Crippen molar-refractivity contribution in [3.8, 4) is 17.2 Å². The average Bonchev–Trinajstić information content (AvgIpc) is 3.34. The lowest BCUT2D eigenvalue weighted by Crippen LogP contribution is -2.18. The van der Waals surface area contributed by atoms with Crippen LogP contribution in [0.15, 0.2) is 54.6 Å². The van der Waals surface area contributed by atoms with Gasteiger partial charge in [-0.05, 0) is 47.7 Å². The Morgan fingerprint density at radius 2 is 1.78 bits per heavy atom. The van der Waals surface area contributed by atoms with Crippen molar-refractivity contribution in [2.45, 2.75) is 33.1 Å². The third kappa shape index (κ3) is 6.91. The summed E-state index contributed by atoms with van der Waals surface area (Å²) in [7, 11) is 0. The second-order valence-corrected chi connectivity index (χ2v) is 11.2. The first kappa shape index (κ1) is 28.3. The quantitative estimate of drug-likeness (QED) is 0.208. The smallest absolute Gasteiger partial charge is 0.454 e. The van der Waals surface area contributed by atoms with Crippen LogP contribution in [0.4, 0.5) is 32.8 Å². The lowest BCUT2D eigenvalue weighted by atomic mass is 10.1. The molecule has 7 nitrogen and oxygen atoms in total. The highest BCUT2D eigenvalue weighted by Gasteiger charge is 2.50. The number of nitrogens with one attached hydrogen (secondary N) is 2. The molecule has 1 heterocycles. The third-order valence-corrected chi connectivity index (χ3v) is 7.37. The molecule has 2 amide bonds. The first-order valence-corrected chi connectivity index (χ1v) is 13.1. The number of benzene rings is 3. The molecule has 41 heavy (non-hydrogen) atoms. The predicted octanol–water partition coefficient (Wildman–Crippen LogP) is 7.43. The summed E-state index contributed by atoms with van der Waals surface area (Å²) in [6, 6.07) is 10.8. The van der Waals surface area contributed by atoms with E-state index in [1.807, 2.05) is 13.8 Å². The molecule has 1 aliphatic carbocycles. The van der Waals surface area contributed by atoms with Gasteiger partial charge in [0.15, 0.2) is 16.7 Å². The summed E-state index contributed by atoms with van der Waals surface area (Å²) in [6.45, 7) is 3.99. The average molecular weight is 592 g/mol. The Kier molecular flexibility index (Phi) is 7.32. The predicted molar refractivity (Wildman–Crippen MR) is 142 cm³/mol. The zero-order valence-corrected chi connectivity index (χ0v) is 22.4. The summed E-state index contributed by atoms with van der Waals surface area (Å²) in [5, 5.41) is 5.43. The van der Waals surface area contributed by atoms with Gasteiger partial charge in [0.2, 0.25) is 11.8 Å². The lowest BCUT2D eigenvalue weighted by molar-refractivity contribution is -0.274. The van der Waals surface area contributed by atoms with Crippen molar-refractivity contribution >= 4 is 44.2 Å². The van der Waals surface area contributed by atoms with E-state index in [1.54, 1.807) is 0 Å². The van der Waals surface area contributed by atoms with E-state index in [0.29, 0.717) is 15.3 Å². The molecule has 4 aromatic rings. The van der Waals surface area contributed by atoms with Crippen molar-refractivity contribution < 1.29 is 41.0 Å². The van der Waals surface area contributed by atoms with Gasteiger partial charge in [0.05, 0.1) is 22.3 Å². The van der Waals surface area contributed by atoms with E-state index >= 15 is 0 Å².